The van der Waals surface area contributed by atoms with E-state index in [-0.39, 0.29) is 0 Å². The molecule has 1 heterocycles. The standard InChI is InChI=1S/C17H24N2OS/c1-3-12-7-5-8-13(11-12)19-14-9-6-10-15(20-4-2)16(14)18-17(19)21/h6,9-10,12-13H,3-5,7-8,11H2,1-2H3,(H,18,21). The van der Waals surface area contributed by atoms with E-state index in [2.05, 4.69) is 28.6 Å². The van der Waals surface area contributed by atoms with Crippen LogP contribution in [0.25, 0.3) is 11.0 Å². The van der Waals surface area contributed by atoms with E-state index in [1.807, 2.05) is 13.0 Å². The molecule has 21 heavy (non-hydrogen) atoms. The van der Waals surface area contributed by atoms with Crippen molar-refractivity contribution in [3.05, 3.63) is 23.0 Å². The van der Waals surface area contributed by atoms with Gasteiger partial charge >= 0.3 is 0 Å². The summed E-state index contributed by atoms with van der Waals surface area (Å²) in [5, 5.41) is 0. The van der Waals surface area contributed by atoms with Crippen LogP contribution in [0.4, 0.5) is 0 Å². The predicted octanol–water partition coefficient (Wildman–Crippen LogP) is 5.24. The molecular weight excluding hydrogens is 280 g/mol. The average Bonchev–Trinajstić information content (AvgIpc) is 2.85. The number of para-hydroxylation sites is 1. The highest BCUT2D eigenvalue weighted by Gasteiger charge is 2.24. The van der Waals surface area contributed by atoms with Gasteiger partial charge in [-0.05, 0) is 50.0 Å². The van der Waals surface area contributed by atoms with Crippen LogP contribution in [0.2, 0.25) is 0 Å². The second-order valence-electron chi connectivity index (χ2n) is 5.98. The number of hydrogen-bond donors (Lipinski definition) is 1. The van der Waals surface area contributed by atoms with Crippen molar-refractivity contribution in [1.29, 1.82) is 0 Å². The number of fused-ring (bicyclic) bond motifs is 1. The van der Waals surface area contributed by atoms with E-state index < -0.39 is 0 Å². The molecule has 1 aliphatic carbocycles. The van der Waals surface area contributed by atoms with Crippen LogP contribution in [0.15, 0.2) is 18.2 Å². The number of nitrogens with zero attached hydrogens (tertiary/aromatic N) is 1. The van der Waals surface area contributed by atoms with Gasteiger partial charge in [0.15, 0.2) is 4.77 Å². The molecular formula is C17H24N2OS. The van der Waals surface area contributed by atoms with E-state index in [1.54, 1.807) is 0 Å². The third-order valence-corrected chi connectivity index (χ3v) is 5.01. The zero-order chi connectivity index (χ0) is 14.8. The normalized spacial score (nSPS) is 22.6. The first-order chi connectivity index (χ1) is 10.2. The van der Waals surface area contributed by atoms with Gasteiger partial charge in [-0.3, -0.25) is 0 Å². The van der Waals surface area contributed by atoms with E-state index in [4.69, 9.17) is 17.0 Å². The second kappa shape index (κ2) is 6.22. The molecule has 1 N–H and O–H groups in total. The maximum absolute atomic E-state index is 5.73. The molecule has 0 spiro atoms. The van der Waals surface area contributed by atoms with Crippen molar-refractivity contribution in [2.75, 3.05) is 6.61 Å². The molecule has 0 radical (unpaired) electrons. The molecule has 1 aromatic heterocycles. The highest BCUT2D eigenvalue weighted by molar-refractivity contribution is 7.71. The minimum atomic E-state index is 0.529. The van der Waals surface area contributed by atoms with Crippen LogP contribution in [0.3, 0.4) is 0 Å². The van der Waals surface area contributed by atoms with Gasteiger partial charge in [0.1, 0.15) is 11.3 Å². The smallest absolute Gasteiger partial charge is 0.178 e. The fraction of sp³-hybridized carbons (Fsp3) is 0.588. The van der Waals surface area contributed by atoms with E-state index in [0.29, 0.717) is 12.6 Å². The Morgan fingerprint density at radius 2 is 2.19 bits per heavy atom. The van der Waals surface area contributed by atoms with Gasteiger partial charge in [0.25, 0.3) is 0 Å². The summed E-state index contributed by atoms with van der Waals surface area (Å²) in [6.07, 6.45) is 6.43. The Hall–Kier alpha value is -1.29. The van der Waals surface area contributed by atoms with Crippen molar-refractivity contribution >= 4 is 23.3 Å². The lowest BCUT2D eigenvalue weighted by atomic mass is 9.84. The minimum absolute atomic E-state index is 0.529. The zero-order valence-electron chi connectivity index (χ0n) is 12.9. The van der Waals surface area contributed by atoms with Crippen molar-refractivity contribution in [3.8, 4) is 5.75 Å². The number of ether oxygens (including phenoxy) is 1. The molecule has 114 valence electrons. The highest BCUT2D eigenvalue weighted by Crippen LogP contribution is 2.37. The quantitative estimate of drug-likeness (QED) is 0.783. The topological polar surface area (TPSA) is 29.9 Å². The molecule has 1 saturated carbocycles. The van der Waals surface area contributed by atoms with E-state index in [9.17, 15) is 0 Å². The van der Waals surface area contributed by atoms with Gasteiger partial charge in [0, 0.05) is 6.04 Å². The first-order valence-electron chi connectivity index (χ1n) is 8.10. The molecule has 0 bridgehead atoms. The summed E-state index contributed by atoms with van der Waals surface area (Å²) in [7, 11) is 0. The minimum Gasteiger partial charge on any atom is -0.492 e. The average molecular weight is 304 g/mol. The molecule has 2 aromatic rings. The number of imidazole rings is 1. The summed E-state index contributed by atoms with van der Waals surface area (Å²) in [6.45, 7) is 4.98. The van der Waals surface area contributed by atoms with Gasteiger partial charge in [0.2, 0.25) is 0 Å². The predicted molar refractivity (Wildman–Crippen MR) is 89.6 cm³/mol. The number of H-pyrrole nitrogens is 1. The molecule has 1 aromatic carbocycles. The fourth-order valence-electron chi connectivity index (χ4n) is 3.63. The molecule has 0 aliphatic heterocycles. The Morgan fingerprint density at radius 1 is 1.33 bits per heavy atom. The van der Waals surface area contributed by atoms with Gasteiger partial charge in [-0.25, -0.2) is 0 Å². The molecule has 1 aliphatic rings. The first-order valence-corrected chi connectivity index (χ1v) is 8.51. The van der Waals surface area contributed by atoms with E-state index in [0.717, 1.165) is 22.0 Å². The van der Waals surface area contributed by atoms with Crippen LogP contribution >= 0.6 is 12.2 Å². The molecule has 0 amide bonds. The summed E-state index contributed by atoms with van der Waals surface area (Å²) in [6, 6.07) is 6.76. The molecule has 4 heteroatoms. The van der Waals surface area contributed by atoms with Crippen LogP contribution in [0.1, 0.15) is 52.0 Å². The van der Waals surface area contributed by atoms with Gasteiger partial charge in [-0.2, -0.15) is 0 Å². The van der Waals surface area contributed by atoms with Crippen LogP contribution < -0.4 is 4.74 Å². The Morgan fingerprint density at radius 3 is 2.95 bits per heavy atom. The highest BCUT2D eigenvalue weighted by atomic mass is 32.1. The lowest BCUT2D eigenvalue weighted by molar-refractivity contribution is 0.263. The summed E-state index contributed by atoms with van der Waals surface area (Å²) >= 11 is 5.60. The Bertz CT molecular complexity index is 673. The molecule has 3 nitrogen and oxygen atoms in total. The molecule has 2 unspecified atom stereocenters. The van der Waals surface area contributed by atoms with Crippen molar-refractivity contribution < 1.29 is 4.74 Å². The van der Waals surface area contributed by atoms with E-state index >= 15 is 0 Å². The van der Waals surface area contributed by atoms with Gasteiger partial charge in [-0.1, -0.05) is 32.3 Å². The molecule has 2 atom stereocenters. The Kier molecular flexibility index (Phi) is 4.34. The Balaban J connectivity index is 2.04. The van der Waals surface area contributed by atoms with Gasteiger partial charge in [-0.15, -0.1) is 0 Å². The number of rotatable bonds is 4. The van der Waals surface area contributed by atoms with Gasteiger partial charge < -0.3 is 14.3 Å². The second-order valence-corrected chi connectivity index (χ2v) is 6.36. The molecule has 0 saturated heterocycles. The largest absolute Gasteiger partial charge is 0.492 e. The van der Waals surface area contributed by atoms with Gasteiger partial charge in [0.05, 0.1) is 12.1 Å². The number of nitrogens with one attached hydrogen (secondary N) is 1. The molecule has 1 fully saturated rings. The van der Waals surface area contributed by atoms with Crippen LogP contribution in [0, 0.1) is 10.7 Å². The summed E-state index contributed by atoms with van der Waals surface area (Å²) in [5.74, 6) is 1.74. The van der Waals surface area contributed by atoms with Crippen LogP contribution in [-0.4, -0.2) is 16.2 Å². The third-order valence-electron chi connectivity index (χ3n) is 4.71. The maximum Gasteiger partial charge on any atom is 0.178 e. The number of benzene rings is 1. The van der Waals surface area contributed by atoms with Crippen molar-refractivity contribution in [3.63, 3.8) is 0 Å². The monoisotopic (exact) mass is 304 g/mol. The van der Waals surface area contributed by atoms with Crippen molar-refractivity contribution in [2.24, 2.45) is 5.92 Å². The van der Waals surface area contributed by atoms with Crippen molar-refractivity contribution in [1.82, 2.24) is 9.55 Å². The lowest BCUT2D eigenvalue weighted by Crippen LogP contribution is -2.19. The van der Waals surface area contributed by atoms with Crippen LogP contribution in [-0.2, 0) is 0 Å². The Labute approximate surface area is 131 Å². The number of hydrogen-bond acceptors (Lipinski definition) is 2. The number of aromatic nitrogens is 2. The van der Waals surface area contributed by atoms with E-state index in [1.165, 1.54) is 37.6 Å². The first kappa shape index (κ1) is 14.6. The lowest BCUT2D eigenvalue weighted by Gasteiger charge is -2.29. The molecule has 3 rings (SSSR count). The summed E-state index contributed by atoms with van der Waals surface area (Å²) < 4.78 is 8.89. The fourth-order valence-corrected chi connectivity index (χ4v) is 3.98. The number of aromatic amines is 1. The summed E-state index contributed by atoms with van der Waals surface area (Å²) in [4.78, 5) is 3.36. The SMILES string of the molecule is CCOc1cccc2c1[nH]c(=S)n2C1CCCC(CC)C1. The third kappa shape index (κ3) is 2.73. The zero-order valence-corrected chi connectivity index (χ0v) is 13.7. The van der Waals surface area contributed by atoms with Crippen LogP contribution in [0.5, 0.6) is 5.75 Å². The summed E-state index contributed by atoms with van der Waals surface area (Å²) in [5.41, 5.74) is 2.23. The van der Waals surface area contributed by atoms with Crippen molar-refractivity contribution in [2.45, 2.75) is 52.0 Å². The maximum atomic E-state index is 5.73.